The maximum atomic E-state index is 12.8. The molecule has 0 fully saturated rings. The van der Waals surface area contributed by atoms with Gasteiger partial charge in [0.25, 0.3) is 0 Å². The number of hydrogen-bond acceptors (Lipinski definition) is 3. The van der Waals surface area contributed by atoms with Gasteiger partial charge in [-0.05, 0) is 70.6 Å². The number of hydrogen-bond donors (Lipinski definition) is 2. The van der Waals surface area contributed by atoms with Crippen LogP contribution in [0.2, 0.25) is 0 Å². The predicted octanol–water partition coefficient (Wildman–Crippen LogP) is 11.4. The van der Waals surface area contributed by atoms with Crippen LogP contribution in [0, 0.1) is 0 Å². The van der Waals surface area contributed by atoms with Crippen LogP contribution in [0.15, 0.2) is 24.3 Å². The average Bonchev–Trinajstić information content (AvgIpc) is 2.99. The van der Waals surface area contributed by atoms with Crippen molar-refractivity contribution >= 4 is 11.8 Å². The van der Waals surface area contributed by atoms with E-state index in [2.05, 4.69) is 43.5 Å². The smallest absolute Gasteiger partial charge is 0.246 e. The van der Waals surface area contributed by atoms with Crippen molar-refractivity contribution in [1.29, 1.82) is 0 Å². The summed E-state index contributed by atoms with van der Waals surface area (Å²) in [6, 6.07) is 0. The normalized spacial score (nSPS) is 13.2. The van der Waals surface area contributed by atoms with Crippen molar-refractivity contribution in [1.82, 2.24) is 5.32 Å². The van der Waals surface area contributed by atoms with Gasteiger partial charge in [-0.2, -0.15) is 0 Å². The van der Waals surface area contributed by atoms with E-state index in [1.54, 1.807) is 0 Å². The van der Waals surface area contributed by atoms with E-state index in [1.807, 2.05) is 6.92 Å². The van der Waals surface area contributed by atoms with Crippen molar-refractivity contribution in [2.45, 2.75) is 206 Å². The third-order valence-electron chi connectivity index (χ3n) is 8.64. The Morgan fingerprint density at radius 1 is 0.524 bits per heavy atom. The molecule has 0 bridgehead atoms. The van der Waals surface area contributed by atoms with Gasteiger partial charge in [0.05, 0.1) is 5.54 Å². The van der Waals surface area contributed by atoms with E-state index in [4.69, 9.17) is 5.73 Å². The second kappa shape index (κ2) is 31.0. The van der Waals surface area contributed by atoms with E-state index < -0.39 is 5.54 Å². The summed E-state index contributed by atoms with van der Waals surface area (Å²) in [5, 5.41) is 2.60. The summed E-state index contributed by atoms with van der Waals surface area (Å²) in [7, 11) is 0. The first-order valence-corrected chi connectivity index (χ1v) is 18.4. The Bertz CT molecular complexity index is 672. The molecule has 0 aliphatic heterocycles. The van der Waals surface area contributed by atoms with Crippen LogP contribution in [0.1, 0.15) is 201 Å². The number of rotatable bonds is 31. The van der Waals surface area contributed by atoms with Gasteiger partial charge in [0.1, 0.15) is 0 Å². The van der Waals surface area contributed by atoms with Crippen molar-refractivity contribution < 1.29 is 9.59 Å². The number of carbonyl (C=O) groups excluding carboxylic acids is 2. The number of unbranched alkanes of at least 4 members (excludes halogenated alkanes) is 21. The molecule has 0 aromatic carbocycles. The Morgan fingerprint density at radius 3 is 1.29 bits per heavy atom. The summed E-state index contributed by atoms with van der Waals surface area (Å²) in [4.78, 5) is 25.1. The van der Waals surface area contributed by atoms with Gasteiger partial charge in [0, 0.05) is 6.42 Å². The molecule has 0 aliphatic rings. The molecule has 0 heterocycles. The van der Waals surface area contributed by atoms with Gasteiger partial charge < -0.3 is 5.73 Å². The fourth-order valence-electron chi connectivity index (χ4n) is 5.46. The maximum absolute atomic E-state index is 12.8. The van der Waals surface area contributed by atoms with E-state index in [-0.39, 0.29) is 11.8 Å². The molecule has 1 unspecified atom stereocenters. The number of carbonyl (C=O) groups is 2. The second-order valence-electron chi connectivity index (χ2n) is 12.7. The van der Waals surface area contributed by atoms with Crippen LogP contribution in [-0.4, -0.2) is 17.4 Å². The van der Waals surface area contributed by atoms with E-state index in [1.165, 1.54) is 109 Å². The lowest BCUT2D eigenvalue weighted by atomic mass is 9.89. The van der Waals surface area contributed by atoms with Crippen LogP contribution in [0.5, 0.6) is 0 Å². The molecule has 3 N–H and O–H groups in total. The standard InChI is InChI=1S/C38H72N2O2/c1-4-7-9-11-13-15-17-19-21-22-24-26-28-30-32-34-36(41)40-37(42)38(39,6-3)35-33-31-29-27-25-23-20-18-16-14-12-10-8-5-2/h19-21,23H,4-18,22,24-35,39H2,1-3H3,(H,40,41,42)/b21-19-,23-20-. The minimum atomic E-state index is -0.935. The van der Waals surface area contributed by atoms with Crippen molar-refractivity contribution in [2.75, 3.05) is 0 Å². The zero-order valence-electron chi connectivity index (χ0n) is 28.5. The van der Waals surface area contributed by atoms with E-state index >= 15 is 0 Å². The Kier molecular flexibility index (Phi) is 30.0. The molecule has 1 atom stereocenters. The van der Waals surface area contributed by atoms with Crippen molar-refractivity contribution in [3.05, 3.63) is 24.3 Å². The fraction of sp³-hybridized carbons (Fsp3) is 0.842. The molecular weight excluding hydrogens is 516 g/mol. The van der Waals surface area contributed by atoms with Gasteiger partial charge in [0.2, 0.25) is 11.8 Å². The number of nitrogens with two attached hydrogens (primary N) is 1. The Morgan fingerprint density at radius 2 is 0.881 bits per heavy atom. The molecule has 246 valence electrons. The summed E-state index contributed by atoms with van der Waals surface area (Å²) >= 11 is 0. The monoisotopic (exact) mass is 589 g/mol. The van der Waals surface area contributed by atoms with Crippen LogP contribution in [0.25, 0.3) is 0 Å². The number of allylic oxidation sites excluding steroid dienone is 4. The number of nitrogens with one attached hydrogen (secondary N) is 1. The van der Waals surface area contributed by atoms with Gasteiger partial charge in [-0.1, -0.05) is 148 Å². The maximum Gasteiger partial charge on any atom is 0.246 e. The average molecular weight is 589 g/mol. The molecule has 0 spiro atoms. The van der Waals surface area contributed by atoms with Gasteiger partial charge >= 0.3 is 0 Å². The highest BCUT2D eigenvalue weighted by molar-refractivity contribution is 5.99. The molecule has 0 saturated heterocycles. The summed E-state index contributed by atoms with van der Waals surface area (Å²) in [6.07, 6.45) is 41.9. The van der Waals surface area contributed by atoms with Crippen molar-refractivity contribution in [3.63, 3.8) is 0 Å². The third-order valence-corrected chi connectivity index (χ3v) is 8.64. The predicted molar refractivity (Wildman–Crippen MR) is 185 cm³/mol. The minimum absolute atomic E-state index is 0.173. The van der Waals surface area contributed by atoms with E-state index in [9.17, 15) is 9.59 Å². The SMILES string of the molecule is CCCCCCCC/C=C\CCCCCCCC(=O)NC(=O)C(N)(CC)CCCCCC/C=C\CCCCCCCC. The summed E-state index contributed by atoms with van der Waals surface area (Å²) < 4.78 is 0. The van der Waals surface area contributed by atoms with Gasteiger partial charge in [0.15, 0.2) is 0 Å². The molecular formula is C38H72N2O2. The first-order chi connectivity index (χ1) is 20.5. The number of amides is 2. The molecule has 0 aliphatic carbocycles. The molecule has 0 rings (SSSR count). The van der Waals surface area contributed by atoms with Crippen molar-refractivity contribution in [2.24, 2.45) is 5.73 Å². The molecule has 4 heteroatoms. The van der Waals surface area contributed by atoms with Crippen LogP contribution in [0.4, 0.5) is 0 Å². The lowest BCUT2D eigenvalue weighted by molar-refractivity contribution is -0.134. The highest BCUT2D eigenvalue weighted by atomic mass is 16.2. The van der Waals surface area contributed by atoms with Gasteiger partial charge in [-0.3, -0.25) is 14.9 Å². The first kappa shape index (κ1) is 40.6. The highest BCUT2D eigenvalue weighted by Crippen LogP contribution is 2.18. The molecule has 0 aromatic heterocycles. The summed E-state index contributed by atoms with van der Waals surface area (Å²) in [5.74, 6) is -0.464. The fourth-order valence-corrected chi connectivity index (χ4v) is 5.46. The molecule has 2 amide bonds. The van der Waals surface area contributed by atoms with Gasteiger partial charge in [-0.25, -0.2) is 0 Å². The van der Waals surface area contributed by atoms with E-state index in [0.29, 0.717) is 19.3 Å². The van der Waals surface area contributed by atoms with Crippen LogP contribution in [0.3, 0.4) is 0 Å². The topological polar surface area (TPSA) is 72.2 Å². The van der Waals surface area contributed by atoms with Crippen LogP contribution < -0.4 is 11.1 Å². The first-order valence-electron chi connectivity index (χ1n) is 18.4. The number of imide groups is 1. The summed E-state index contributed by atoms with van der Waals surface area (Å²) in [6.45, 7) is 6.48. The molecule has 0 aromatic rings. The third kappa shape index (κ3) is 26.2. The van der Waals surface area contributed by atoms with Crippen LogP contribution >= 0.6 is 0 Å². The second-order valence-corrected chi connectivity index (χ2v) is 12.7. The zero-order chi connectivity index (χ0) is 31.0. The van der Waals surface area contributed by atoms with E-state index in [0.717, 1.165) is 51.4 Å². The van der Waals surface area contributed by atoms with Crippen molar-refractivity contribution in [3.8, 4) is 0 Å². The molecule has 0 saturated carbocycles. The lowest BCUT2D eigenvalue weighted by Crippen LogP contribution is -2.54. The quantitative estimate of drug-likeness (QED) is 0.0625. The minimum Gasteiger partial charge on any atom is -0.317 e. The largest absolute Gasteiger partial charge is 0.317 e. The highest BCUT2D eigenvalue weighted by Gasteiger charge is 2.32. The molecule has 4 nitrogen and oxygen atoms in total. The van der Waals surface area contributed by atoms with Crippen LogP contribution in [-0.2, 0) is 9.59 Å². The molecule has 0 radical (unpaired) electrons. The Hall–Kier alpha value is -1.42. The summed E-state index contributed by atoms with van der Waals surface area (Å²) in [5.41, 5.74) is 5.51. The molecule has 42 heavy (non-hydrogen) atoms. The Labute approximate surface area is 262 Å². The lowest BCUT2D eigenvalue weighted by Gasteiger charge is -2.26. The van der Waals surface area contributed by atoms with Gasteiger partial charge in [-0.15, -0.1) is 0 Å². The Balaban J connectivity index is 3.76. The zero-order valence-corrected chi connectivity index (χ0v) is 28.5.